The van der Waals surface area contributed by atoms with Crippen molar-refractivity contribution in [2.75, 3.05) is 17.7 Å². The van der Waals surface area contributed by atoms with Gasteiger partial charge in [0.2, 0.25) is 11.8 Å². The maximum atomic E-state index is 10.9. The molecule has 8 heteroatoms. The Morgan fingerprint density at radius 2 is 2.11 bits per heavy atom. The van der Waals surface area contributed by atoms with Gasteiger partial charge in [0.05, 0.1) is 11.0 Å². The van der Waals surface area contributed by atoms with Gasteiger partial charge in [-0.25, -0.2) is 4.98 Å². The minimum absolute atomic E-state index is 0.0988. The Labute approximate surface area is 110 Å². The van der Waals surface area contributed by atoms with Gasteiger partial charge >= 0.3 is 5.69 Å². The number of nitrogens with one attached hydrogen (secondary N) is 2. The van der Waals surface area contributed by atoms with Crippen molar-refractivity contribution in [2.24, 2.45) is 0 Å². The second kappa shape index (κ2) is 5.79. The second-order valence-electron chi connectivity index (χ2n) is 4.58. The van der Waals surface area contributed by atoms with Crippen LogP contribution < -0.4 is 10.6 Å². The van der Waals surface area contributed by atoms with Crippen molar-refractivity contribution in [3.05, 3.63) is 16.3 Å². The van der Waals surface area contributed by atoms with E-state index >= 15 is 0 Å². The van der Waals surface area contributed by atoms with E-state index in [1.54, 1.807) is 7.05 Å². The van der Waals surface area contributed by atoms with Crippen LogP contribution in [0.25, 0.3) is 0 Å². The topological polar surface area (TPSA) is 113 Å². The molecule has 1 saturated carbocycles. The Hall–Kier alpha value is -1.96. The Morgan fingerprint density at radius 1 is 1.42 bits per heavy atom. The van der Waals surface area contributed by atoms with Crippen LogP contribution in [0.2, 0.25) is 0 Å². The van der Waals surface area contributed by atoms with Gasteiger partial charge in [0.1, 0.15) is 6.20 Å². The van der Waals surface area contributed by atoms with E-state index in [2.05, 4.69) is 20.6 Å². The van der Waals surface area contributed by atoms with E-state index in [1.165, 1.54) is 6.20 Å². The summed E-state index contributed by atoms with van der Waals surface area (Å²) in [6.45, 7) is 0. The first-order chi connectivity index (χ1) is 9.10. The van der Waals surface area contributed by atoms with Crippen molar-refractivity contribution in [3.63, 3.8) is 0 Å². The average molecular weight is 267 g/mol. The fourth-order valence-electron chi connectivity index (χ4n) is 2.15. The van der Waals surface area contributed by atoms with Crippen LogP contribution in [0.15, 0.2) is 6.20 Å². The van der Waals surface area contributed by atoms with Crippen molar-refractivity contribution >= 4 is 17.5 Å². The van der Waals surface area contributed by atoms with Crippen LogP contribution in [-0.4, -0.2) is 39.2 Å². The van der Waals surface area contributed by atoms with Crippen LogP contribution in [0.5, 0.6) is 0 Å². The monoisotopic (exact) mass is 267 g/mol. The molecule has 8 nitrogen and oxygen atoms in total. The highest BCUT2D eigenvalue weighted by molar-refractivity contribution is 5.57. The third-order valence-corrected chi connectivity index (χ3v) is 3.23. The van der Waals surface area contributed by atoms with Crippen molar-refractivity contribution in [2.45, 2.75) is 37.8 Å². The summed E-state index contributed by atoms with van der Waals surface area (Å²) in [5, 5.41) is 26.2. The molecule has 1 aromatic heterocycles. The van der Waals surface area contributed by atoms with Gasteiger partial charge in [0, 0.05) is 13.1 Å². The lowest BCUT2D eigenvalue weighted by Crippen LogP contribution is -2.29. The fourth-order valence-corrected chi connectivity index (χ4v) is 2.15. The molecule has 0 unspecified atom stereocenters. The highest BCUT2D eigenvalue weighted by Gasteiger charge is 2.23. The van der Waals surface area contributed by atoms with E-state index in [0.29, 0.717) is 18.8 Å². The standard InChI is InChI=1S/C11H17N5O3/c1-12-11-13-6-9(16(18)19)10(15-11)14-7-2-4-8(17)5-3-7/h6-8,17H,2-5H2,1H3,(H2,12,13,14,15). The van der Waals surface area contributed by atoms with E-state index in [4.69, 9.17) is 0 Å². The van der Waals surface area contributed by atoms with Crippen molar-refractivity contribution in [1.82, 2.24) is 9.97 Å². The molecular weight excluding hydrogens is 250 g/mol. The quantitative estimate of drug-likeness (QED) is 0.553. The number of aliphatic hydroxyl groups is 1. The molecule has 2 rings (SSSR count). The van der Waals surface area contributed by atoms with Gasteiger partial charge in [-0.15, -0.1) is 0 Å². The highest BCUT2D eigenvalue weighted by Crippen LogP contribution is 2.27. The molecule has 1 aliphatic carbocycles. The van der Waals surface area contributed by atoms with Gasteiger partial charge in [-0.2, -0.15) is 4.98 Å². The van der Waals surface area contributed by atoms with Crippen molar-refractivity contribution < 1.29 is 10.0 Å². The van der Waals surface area contributed by atoms with Gasteiger partial charge in [-0.1, -0.05) is 0 Å². The normalized spacial score (nSPS) is 22.8. The summed E-state index contributed by atoms with van der Waals surface area (Å²) in [5.41, 5.74) is -0.134. The molecular formula is C11H17N5O3. The number of anilines is 2. The van der Waals surface area contributed by atoms with Crippen molar-refractivity contribution in [1.29, 1.82) is 0 Å². The summed E-state index contributed by atoms with van der Waals surface area (Å²) in [4.78, 5) is 18.4. The minimum atomic E-state index is -0.501. The summed E-state index contributed by atoms with van der Waals surface area (Å²) in [6.07, 6.45) is 3.89. The molecule has 1 aromatic rings. The molecule has 1 fully saturated rings. The highest BCUT2D eigenvalue weighted by atomic mass is 16.6. The molecule has 0 bridgehead atoms. The summed E-state index contributed by atoms with van der Waals surface area (Å²) < 4.78 is 0. The van der Waals surface area contributed by atoms with Crippen molar-refractivity contribution in [3.8, 4) is 0 Å². The third kappa shape index (κ3) is 3.28. The molecule has 0 spiro atoms. The van der Waals surface area contributed by atoms with Gasteiger partial charge in [-0.3, -0.25) is 10.1 Å². The first-order valence-corrected chi connectivity index (χ1v) is 6.24. The van der Waals surface area contributed by atoms with Crippen LogP contribution in [0.3, 0.4) is 0 Å². The van der Waals surface area contributed by atoms with E-state index in [1.807, 2.05) is 0 Å². The largest absolute Gasteiger partial charge is 0.393 e. The number of rotatable bonds is 4. The maximum Gasteiger partial charge on any atom is 0.329 e. The van der Waals surface area contributed by atoms with Gasteiger partial charge in [0.25, 0.3) is 0 Å². The summed E-state index contributed by atoms with van der Waals surface area (Å²) in [5.74, 6) is 0.565. The van der Waals surface area contributed by atoms with Crippen LogP contribution >= 0.6 is 0 Å². The SMILES string of the molecule is CNc1ncc([N+](=O)[O-])c(NC2CCC(O)CC2)n1. The van der Waals surface area contributed by atoms with E-state index < -0.39 is 4.92 Å². The molecule has 3 N–H and O–H groups in total. The van der Waals surface area contributed by atoms with Gasteiger partial charge in [-0.05, 0) is 25.7 Å². The Morgan fingerprint density at radius 3 is 2.68 bits per heavy atom. The lowest BCUT2D eigenvalue weighted by Gasteiger charge is -2.26. The fraction of sp³-hybridized carbons (Fsp3) is 0.636. The van der Waals surface area contributed by atoms with Gasteiger partial charge < -0.3 is 15.7 Å². The van der Waals surface area contributed by atoms with Gasteiger partial charge in [0.15, 0.2) is 0 Å². The average Bonchev–Trinajstić information content (AvgIpc) is 2.41. The number of aromatic nitrogens is 2. The first kappa shape index (κ1) is 13.5. The summed E-state index contributed by atoms with van der Waals surface area (Å²) in [6, 6.07) is 0.0988. The molecule has 0 saturated heterocycles. The predicted molar refractivity (Wildman–Crippen MR) is 70.1 cm³/mol. The number of hydrogen-bond acceptors (Lipinski definition) is 7. The molecule has 104 valence electrons. The van der Waals surface area contributed by atoms with Crippen LogP contribution in [0.1, 0.15) is 25.7 Å². The Kier molecular flexibility index (Phi) is 4.10. The zero-order chi connectivity index (χ0) is 13.8. The molecule has 0 radical (unpaired) electrons. The summed E-state index contributed by atoms with van der Waals surface area (Å²) >= 11 is 0. The zero-order valence-electron chi connectivity index (χ0n) is 10.7. The first-order valence-electron chi connectivity index (χ1n) is 6.24. The third-order valence-electron chi connectivity index (χ3n) is 3.23. The van der Waals surface area contributed by atoms with E-state index in [0.717, 1.165) is 12.8 Å². The number of nitrogens with zero attached hydrogens (tertiary/aromatic N) is 3. The second-order valence-corrected chi connectivity index (χ2v) is 4.58. The lowest BCUT2D eigenvalue weighted by molar-refractivity contribution is -0.384. The zero-order valence-corrected chi connectivity index (χ0v) is 10.7. The smallest absolute Gasteiger partial charge is 0.329 e. The Bertz CT molecular complexity index is 460. The molecule has 0 aliphatic heterocycles. The number of hydrogen-bond donors (Lipinski definition) is 3. The maximum absolute atomic E-state index is 10.9. The minimum Gasteiger partial charge on any atom is -0.393 e. The number of aliphatic hydroxyl groups excluding tert-OH is 1. The lowest BCUT2D eigenvalue weighted by atomic mass is 9.93. The van der Waals surface area contributed by atoms with E-state index in [9.17, 15) is 15.2 Å². The van der Waals surface area contributed by atoms with Crippen LogP contribution in [0, 0.1) is 10.1 Å². The predicted octanol–water partition coefficient (Wildman–Crippen LogP) is 1.14. The van der Waals surface area contributed by atoms with Crippen LogP contribution in [0.4, 0.5) is 17.5 Å². The molecule has 0 atom stereocenters. The molecule has 19 heavy (non-hydrogen) atoms. The molecule has 0 aromatic carbocycles. The summed E-state index contributed by atoms with van der Waals surface area (Å²) in [7, 11) is 1.65. The molecule has 1 heterocycles. The van der Waals surface area contributed by atoms with Crippen LogP contribution in [-0.2, 0) is 0 Å². The molecule has 1 aliphatic rings. The number of nitro groups is 1. The molecule has 0 amide bonds. The van der Waals surface area contributed by atoms with E-state index in [-0.39, 0.29) is 23.7 Å². The Balaban J connectivity index is 2.15.